The molecule has 1 aromatic heterocycles. The molecule has 0 spiro atoms. The van der Waals surface area contributed by atoms with Crippen LogP contribution in [0.3, 0.4) is 0 Å². The molecule has 1 aromatic rings. The minimum atomic E-state index is -5.20. The quantitative estimate of drug-likeness (QED) is 0.869. The fourth-order valence-corrected chi connectivity index (χ4v) is 1.22. The van der Waals surface area contributed by atoms with Crippen molar-refractivity contribution < 1.29 is 40.9 Å². The van der Waals surface area contributed by atoms with Crippen molar-refractivity contribution >= 4 is 0 Å². The summed E-state index contributed by atoms with van der Waals surface area (Å²) in [6.07, 6.45) is -10.2. The van der Waals surface area contributed by atoms with Gasteiger partial charge in [-0.05, 0) is 0 Å². The Hall–Kier alpha value is -1.71. The van der Waals surface area contributed by atoms with Crippen molar-refractivity contribution in [2.24, 2.45) is 0 Å². The third-order valence-electron chi connectivity index (χ3n) is 1.91. The lowest BCUT2D eigenvalue weighted by molar-refractivity contribution is -0.275. The van der Waals surface area contributed by atoms with E-state index in [4.69, 9.17) is 5.11 Å². The molecule has 0 aliphatic rings. The number of ether oxygens (including phenoxy) is 2. The number of aromatic nitrogens is 1. The fourth-order valence-electron chi connectivity index (χ4n) is 1.22. The number of hydrogen-bond acceptors (Lipinski definition) is 4. The van der Waals surface area contributed by atoms with Crippen LogP contribution in [0, 0.1) is 0 Å². The smallest absolute Gasteiger partial charge is 0.478 e. The first-order chi connectivity index (χ1) is 8.58. The summed E-state index contributed by atoms with van der Waals surface area (Å²) in [6.45, 7) is -1.11. The number of alkyl halides is 6. The van der Waals surface area contributed by atoms with Crippen molar-refractivity contribution in [2.75, 3.05) is 7.11 Å². The molecule has 108 valence electrons. The van der Waals surface area contributed by atoms with Gasteiger partial charge in [-0.25, -0.2) is 4.98 Å². The third-order valence-corrected chi connectivity index (χ3v) is 1.91. The van der Waals surface area contributed by atoms with Crippen molar-refractivity contribution in [3.8, 4) is 11.6 Å². The van der Waals surface area contributed by atoms with Gasteiger partial charge < -0.3 is 14.6 Å². The molecule has 0 aliphatic heterocycles. The molecule has 0 saturated heterocycles. The highest BCUT2D eigenvalue weighted by Crippen LogP contribution is 2.38. The summed E-state index contributed by atoms with van der Waals surface area (Å²) in [5.74, 6) is -2.05. The minimum absolute atomic E-state index is 0.0743. The number of halogens is 6. The summed E-state index contributed by atoms with van der Waals surface area (Å²) in [7, 11) is 0.903. The van der Waals surface area contributed by atoms with E-state index in [1.165, 1.54) is 0 Å². The largest absolute Gasteiger partial charge is 0.573 e. The highest BCUT2D eigenvalue weighted by Gasteiger charge is 2.38. The lowest BCUT2D eigenvalue weighted by Gasteiger charge is -2.16. The first kappa shape index (κ1) is 15.3. The second kappa shape index (κ2) is 5.11. The lowest BCUT2D eigenvalue weighted by atomic mass is 10.2. The van der Waals surface area contributed by atoms with Gasteiger partial charge in [-0.3, -0.25) is 0 Å². The van der Waals surface area contributed by atoms with Crippen LogP contribution in [0.5, 0.6) is 11.6 Å². The second-order valence-corrected chi connectivity index (χ2v) is 3.19. The molecule has 1 N–H and O–H groups in total. The van der Waals surface area contributed by atoms with E-state index in [9.17, 15) is 26.3 Å². The zero-order valence-electron chi connectivity index (χ0n) is 9.26. The zero-order valence-corrected chi connectivity index (χ0v) is 9.26. The summed E-state index contributed by atoms with van der Waals surface area (Å²) in [5.41, 5.74) is -2.39. The van der Waals surface area contributed by atoms with Gasteiger partial charge in [-0.15, -0.1) is 13.2 Å². The number of rotatable bonds is 3. The zero-order chi connectivity index (χ0) is 14.8. The Morgan fingerprint density at radius 1 is 1.21 bits per heavy atom. The van der Waals surface area contributed by atoms with Crippen molar-refractivity contribution in [1.29, 1.82) is 0 Å². The third kappa shape index (κ3) is 3.88. The molecule has 1 rings (SSSR count). The summed E-state index contributed by atoms with van der Waals surface area (Å²) in [4.78, 5) is 3.14. The maximum atomic E-state index is 12.6. The Morgan fingerprint density at radius 3 is 2.16 bits per heavy atom. The maximum Gasteiger partial charge on any atom is 0.573 e. The number of pyridine rings is 1. The van der Waals surface area contributed by atoms with Gasteiger partial charge in [0.25, 0.3) is 5.88 Å². The minimum Gasteiger partial charge on any atom is -0.478 e. The first-order valence-electron chi connectivity index (χ1n) is 4.60. The van der Waals surface area contributed by atoms with E-state index in [2.05, 4.69) is 14.5 Å². The Bertz CT molecular complexity index is 456. The molecular weight excluding hydrogens is 284 g/mol. The molecule has 0 unspecified atom stereocenters. The number of aliphatic hydroxyl groups is 1. The van der Waals surface area contributed by atoms with Crippen molar-refractivity contribution in [2.45, 2.75) is 19.1 Å². The van der Waals surface area contributed by atoms with Gasteiger partial charge in [0.2, 0.25) is 0 Å². The first-order valence-corrected chi connectivity index (χ1v) is 4.60. The lowest BCUT2D eigenvalue weighted by Crippen LogP contribution is -2.20. The molecule has 4 nitrogen and oxygen atoms in total. The Labute approximate surface area is 102 Å². The van der Waals surface area contributed by atoms with Crippen LogP contribution in [0.2, 0.25) is 0 Å². The number of methoxy groups -OCH3 is 1. The Kier molecular flexibility index (Phi) is 4.13. The standard InChI is InChI=1S/C9H7F6NO3/c1-18-7-6(19-9(13,14)15)2-4(8(10,11)12)5(3-17)16-7/h2,17H,3H2,1H3. The monoisotopic (exact) mass is 291 g/mol. The molecule has 0 bridgehead atoms. The van der Waals surface area contributed by atoms with Crippen molar-refractivity contribution in [1.82, 2.24) is 4.98 Å². The van der Waals surface area contributed by atoms with Crippen LogP contribution in [-0.4, -0.2) is 23.6 Å². The van der Waals surface area contributed by atoms with Gasteiger partial charge in [-0.2, -0.15) is 13.2 Å². The average molecular weight is 291 g/mol. The second-order valence-electron chi connectivity index (χ2n) is 3.19. The molecule has 0 amide bonds. The molecular formula is C9H7F6NO3. The number of hydrogen-bond donors (Lipinski definition) is 1. The molecule has 0 radical (unpaired) electrons. The van der Waals surface area contributed by atoms with E-state index in [1.807, 2.05) is 0 Å². The van der Waals surface area contributed by atoms with Gasteiger partial charge in [-0.1, -0.05) is 0 Å². The van der Waals surface area contributed by atoms with Gasteiger partial charge in [0.15, 0.2) is 5.75 Å². The highest BCUT2D eigenvalue weighted by atomic mass is 19.4. The van der Waals surface area contributed by atoms with Crippen LogP contribution in [0.1, 0.15) is 11.3 Å². The highest BCUT2D eigenvalue weighted by molar-refractivity contribution is 5.41. The normalized spacial score (nSPS) is 12.4. The van der Waals surface area contributed by atoms with Crippen LogP contribution in [0.25, 0.3) is 0 Å². The summed E-state index contributed by atoms with van der Waals surface area (Å²) in [6, 6.07) is 0.0743. The molecule has 10 heteroatoms. The Balaban J connectivity index is 3.38. The van der Waals surface area contributed by atoms with Crippen LogP contribution in [0.15, 0.2) is 6.07 Å². The van der Waals surface area contributed by atoms with E-state index in [-0.39, 0.29) is 6.07 Å². The van der Waals surface area contributed by atoms with Gasteiger partial charge >= 0.3 is 12.5 Å². The summed E-state index contributed by atoms with van der Waals surface area (Å²) >= 11 is 0. The predicted molar refractivity (Wildman–Crippen MR) is 48.4 cm³/mol. The summed E-state index contributed by atoms with van der Waals surface area (Å²) in [5, 5.41) is 8.74. The van der Waals surface area contributed by atoms with Crippen LogP contribution in [-0.2, 0) is 12.8 Å². The topological polar surface area (TPSA) is 51.6 Å². The SMILES string of the molecule is COc1nc(CO)c(C(F)(F)F)cc1OC(F)(F)F. The van der Waals surface area contributed by atoms with Gasteiger partial charge in [0.05, 0.1) is 25.0 Å². The van der Waals surface area contributed by atoms with Crippen LogP contribution >= 0.6 is 0 Å². The van der Waals surface area contributed by atoms with Gasteiger partial charge in [0.1, 0.15) is 0 Å². The molecule has 19 heavy (non-hydrogen) atoms. The number of nitrogens with zero attached hydrogens (tertiary/aromatic N) is 1. The van der Waals surface area contributed by atoms with Crippen molar-refractivity contribution in [3.63, 3.8) is 0 Å². The number of aliphatic hydroxyl groups excluding tert-OH is 1. The molecule has 0 aromatic carbocycles. The van der Waals surface area contributed by atoms with Gasteiger partial charge in [0, 0.05) is 6.07 Å². The van der Waals surface area contributed by atoms with E-state index >= 15 is 0 Å². The molecule has 1 heterocycles. The predicted octanol–water partition coefficient (Wildman–Crippen LogP) is 2.50. The van der Waals surface area contributed by atoms with E-state index in [0.29, 0.717) is 0 Å². The van der Waals surface area contributed by atoms with E-state index in [1.54, 1.807) is 0 Å². The maximum absolute atomic E-state index is 12.6. The summed E-state index contributed by atoms with van der Waals surface area (Å²) < 4.78 is 81.5. The molecule has 0 saturated carbocycles. The molecule has 0 atom stereocenters. The average Bonchev–Trinajstić information content (AvgIpc) is 2.25. The van der Waals surface area contributed by atoms with Crippen molar-refractivity contribution in [3.05, 3.63) is 17.3 Å². The Morgan fingerprint density at radius 2 is 1.79 bits per heavy atom. The fraction of sp³-hybridized carbons (Fsp3) is 0.444. The van der Waals surface area contributed by atoms with Crippen LogP contribution in [0.4, 0.5) is 26.3 Å². The molecule has 0 fully saturated rings. The van der Waals surface area contributed by atoms with Crippen LogP contribution < -0.4 is 9.47 Å². The molecule has 0 aliphatic carbocycles. The van der Waals surface area contributed by atoms with E-state index < -0.39 is 42.0 Å². The van der Waals surface area contributed by atoms with E-state index in [0.717, 1.165) is 7.11 Å².